The molecule has 48 heavy (non-hydrogen) atoms. The summed E-state index contributed by atoms with van der Waals surface area (Å²) >= 11 is 0. The van der Waals surface area contributed by atoms with Crippen LogP contribution in [0.15, 0.2) is 78.5 Å². The predicted octanol–water partition coefficient (Wildman–Crippen LogP) is 10.6. The molecule has 0 saturated carbocycles. The van der Waals surface area contributed by atoms with Gasteiger partial charge < -0.3 is 9.30 Å². The van der Waals surface area contributed by atoms with E-state index in [1.165, 1.54) is 40.9 Å². The summed E-state index contributed by atoms with van der Waals surface area (Å²) in [7, 11) is 0. The molecule has 3 aromatic carbocycles. The largest absolute Gasteiger partial charge is 2.00 e. The van der Waals surface area contributed by atoms with Crippen molar-refractivity contribution in [2.75, 3.05) is 0 Å². The van der Waals surface area contributed by atoms with Crippen LogP contribution in [0.3, 0.4) is 0 Å². The van der Waals surface area contributed by atoms with E-state index in [9.17, 15) is 0 Å². The summed E-state index contributed by atoms with van der Waals surface area (Å²) in [5.41, 5.74) is 10.7. The van der Waals surface area contributed by atoms with Gasteiger partial charge in [-0.25, -0.2) is 4.98 Å². The van der Waals surface area contributed by atoms with Crippen LogP contribution in [0.25, 0.3) is 33.3 Å². The standard InChI is InChI=1S/C42H44N4O.Pt/c1-7-13-30-23-31(46-37(9-3)42(36(8-2)44-46)41-28(5)14-12-15-29(41)6)25-33(24-30)47-32-18-19-35-34-16-10-11-17-38(34)45(39(35)26-32)40-22-27(4)20-21-43-40;/h10-11,14,16-24,29,41H,7-9,12-13,15H2,1-6H3;/q-2;+2/t29-,41?;/m0./s1. The zero-order valence-electron chi connectivity index (χ0n) is 28.8. The second kappa shape index (κ2) is 14.3. The number of hydrogen-bond donors (Lipinski definition) is 0. The number of allylic oxidation sites excluding steroid dienone is 2. The minimum atomic E-state index is 0. The molecule has 0 N–H and O–H groups in total. The molecule has 0 aliphatic heterocycles. The van der Waals surface area contributed by atoms with E-state index in [1.807, 2.05) is 18.3 Å². The number of pyridine rings is 1. The number of rotatable bonds is 9. The van der Waals surface area contributed by atoms with Crippen molar-refractivity contribution in [3.8, 4) is 23.0 Å². The van der Waals surface area contributed by atoms with E-state index in [0.717, 1.165) is 64.6 Å². The predicted molar refractivity (Wildman–Crippen MR) is 192 cm³/mol. The summed E-state index contributed by atoms with van der Waals surface area (Å²) in [6.07, 6.45) is 10.5. The van der Waals surface area contributed by atoms with Gasteiger partial charge >= 0.3 is 21.1 Å². The summed E-state index contributed by atoms with van der Waals surface area (Å²) in [5, 5.41) is 7.55. The second-order valence-corrected chi connectivity index (χ2v) is 13.1. The first-order valence-corrected chi connectivity index (χ1v) is 17.3. The molecule has 7 rings (SSSR count). The third kappa shape index (κ3) is 6.18. The van der Waals surface area contributed by atoms with Crippen LogP contribution >= 0.6 is 0 Å². The maximum Gasteiger partial charge on any atom is 2.00 e. The van der Waals surface area contributed by atoms with Crippen LogP contribution in [0.1, 0.15) is 87.9 Å². The number of hydrogen-bond acceptors (Lipinski definition) is 3. The molecule has 6 aromatic rings. The normalized spacial score (nSPS) is 16.2. The van der Waals surface area contributed by atoms with Gasteiger partial charge in [0.15, 0.2) is 0 Å². The van der Waals surface area contributed by atoms with Crippen LogP contribution in [0.4, 0.5) is 0 Å². The Bertz CT molecular complexity index is 2120. The maximum atomic E-state index is 6.64. The molecule has 0 radical (unpaired) electrons. The zero-order chi connectivity index (χ0) is 32.7. The van der Waals surface area contributed by atoms with Crippen molar-refractivity contribution in [2.24, 2.45) is 5.92 Å². The van der Waals surface area contributed by atoms with Crippen LogP contribution in [0.2, 0.25) is 0 Å². The number of aryl methyl sites for hydroxylation is 3. The topological polar surface area (TPSA) is 44.9 Å². The van der Waals surface area contributed by atoms with E-state index in [0.29, 0.717) is 23.3 Å². The molecule has 0 spiro atoms. The number of para-hydroxylation sites is 1. The smallest absolute Gasteiger partial charge is 0.509 e. The number of benzene rings is 3. The van der Waals surface area contributed by atoms with Gasteiger partial charge in [0.2, 0.25) is 0 Å². The van der Waals surface area contributed by atoms with Crippen molar-refractivity contribution in [1.29, 1.82) is 0 Å². The minimum Gasteiger partial charge on any atom is -0.509 e. The van der Waals surface area contributed by atoms with Crippen molar-refractivity contribution in [3.63, 3.8) is 0 Å². The van der Waals surface area contributed by atoms with Crippen LogP contribution < -0.4 is 4.74 Å². The molecule has 1 unspecified atom stereocenters. The molecule has 1 aliphatic carbocycles. The summed E-state index contributed by atoms with van der Waals surface area (Å²) < 4.78 is 11.0. The average molecular weight is 816 g/mol. The Kier molecular flexibility index (Phi) is 10.1. The van der Waals surface area contributed by atoms with Crippen molar-refractivity contribution >= 4 is 21.8 Å². The van der Waals surface area contributed by atoms with Crippen LogP contribution in [-0.2, 0) is 40.3 Å². The molecule has 5 nitrogen and oxygen atoms in total. The Morgan fingerprint density at radius 1 is 0.917 bits per heavy atom. The zero-order valence-corrected chi connectivity index (χ0v) is 31.1. The first-order chi connectivity index (χ1) is 22.9. The average Bonchev–Trinajstić information content (AvgIpc) is 3.60. The van der Waals surface area contributed by atoms with E-state index in [4.69, 9.17) is 14.8 Å². The first kappa shape index (κ1) is 33.9. The number of aromatic nitrogens is 4. The third-order valence-electron chi connectivity index (χ3n) is 9.79. The van der Waals surface area contributed by atoms with Crippen molar-refractivity contribution < 1.29 is 25.8 Å². The molecular weight excluding hydrogens is 772 g/mol. The van der Waals surface area contributed by atoms with Crippen LogP contribution in [0.5, 0.6) is 11.5 Å². The number of fused-ring (bicyclic) bond motifs is 3. The third-order valence-corrected chi connectivity index (χ3v) is 9.79. The fourth-order valence-electron chi connectivity index (χ4n) is 7.62. The Morgan fingerprint density at radius 2 is 1.75 bits per heavy atom. The molecule has 0 bridgehead atoms. The molecule has 3 aromatic heterocycles. The van der Waals surface area contributed by atoms with E-state index in [2.05, 4.69) is 118 Å². The molecular formula is C42H44N4OPt. The number of ether oxygens (including phenoxy) is 1. The molecule has 2 atom stereocenters. The van der Waals surface area contributed by atoms with E-state index >= 15 is 0 Å². The van der Waals surface area contributed by atoms with Gasteiger partial charge in [-0.2, -0.15) is 16.7 Å². The summed E-state index contributed by atoms with van der Waals surface area (Å²) in [6, 6.07) is 28.3. The minimum absolute atomic E-state index is 0. The fourth-order valence-corrected chi connectivity index (χ4v) is 7.62. The first-order valence-electron chi connectivity index (χ1n) is 17.3. The van der Waals surface area contributed by atoms with Gasteiger partial charge in [-0.15, -0.1) is 35.7 Å². The molecule has 3 heterocycles. The molecule has 0 fully saturated rings. The second-order valence-electron chi connectivity index (χ2n) is 13.1. The summed E-state index contributed by atoms with van der Waals surface area (Å²) in [5.74, 6) is 3.20. The van der Waals surface area contributed by atoms with Crippen LogP contribution in [-0.4, -0.2) is 19.3 Å². The number of nitrogens with zero attached hydrogens (tertiary/aromatic N) is 4. The van der Waals surface area contributed by atoms with Gasteiger partial charge in [-0.3, -0.25) is 4.68 Å². The van der Waals surface area contributed by atoms with Crippen molar-refractivity contribution in [2.45, 2.75) is 86.0 Å². The Balaban J connectivity index is 0.00000401. The Hall–Kier alpha value is -3.95. The fraction of sp³-hybridized carbons (Fsp3) is 0.333. The Labute approximate surface area is 299 Å². The van der Waals surface area contributed by atoms with Gasteiger partial charge in [0.25, 0.3) is 0 Å². The van der Waals surface area contributed by atoms with Gasteiger partial charge in [-0.1, -0.05) is 75.9 Å². The maximum absolute atomic E-state index is 6.64. The quantitative estimate of drug-likeness (QED) is 0.108. The van der Waals surface area contributed by atoms with Gasteiger partial charge in [-0.05, 0) is 80.3 Å². The van der Waals surface area contributed by atoms with Gasteiger partial charge in [0.05, 0.1) is 5.69 Å². The molecule has 1 aliphatic rings. The van der Waals surface area contributed by atoms with Gasteiger partial charge in [0, 0.05) is 40.4 Å². The molecule has 0 amide bonds. The van der Waals surface area contributed by atoms with Gasteiger partial charge in [0.1, 0.15) is 5.82 Å². The van der Waals surface area contributed by atoms with E-state index in [-0.39, 0.29) is 21.1 Å². The molecule has 248 valence electrons. The van der Waals surface area contributed by atoms with E-state index in [1.54, 1.807) is 0 Å². The summed E-state index contributed by atoms with van der Waals surface area (Å²) in [4.78, 5) is 4.73. The monoisotopic (exact) mass is 815 g/mol. The summed E-state index contributed by atoms with van der Waals surface area (Å²) in [6.45, 7) is 13.5. The Morgan fingerprint density at radius 3 is 2.50 bits per heavy atom. The van der Waals surface area contributed by atoms with E-state index < -0.39 is 0 Å². The SMILES string of the molecule is CCCc1cc(Oc2[c-]c3c(cc2)c2ccccc2n3-c2cc(C)ccn2)[c-]c(-n2nc(CC)c(C3C(C)=CCC[C@@H]3C)c2CC)c1.[Pt+2]. The van der Waals surface area contributed by atoms with Crippen LogP contribution in [0, 0.1) is 25.0 Å². The molecule has 6 heteroatoms. The molecule has 0 saturated heterocycles. The van der Waals surface area contributed by atoms with Crippen molar-refractivity contribution in [3.05, 3.63) is 119 Å². The van der Waals surface area contributed by atoms with Crippen molar-refractivity contribution in [1.82, 2.24) is 19.3 Å².